The first-order valence-corrected chi connectivity index (χ1v) is 12.0. The number of piperidine rings is 1. The van der Waals surface area contributed by atoms with Gasteiger partial charge in [-0.05, 0) is 39.3 Å². The van der Waals surface area contributed by atoms with Gasteiger partial charge in [-0.15, -0.1) is 0 Å². The second-order valence-corrected chi connectivity index (χ2v) is 9.75. The van der Waals surface area contributed by atoms with Crippen molar-refractivity contribution in [3.05, 3.63) is 18.1 Å². The van der Waals surface area contributed by atoms with Gasteiger partial charge in [0.25, 0.3) is 6.10 Å². The van der Waals surface area contributed by atoms with E-state index in [1.807, 2.05) is 0 Å². The molecule has 8 nitrogen and oxygen atoms in total. The van der Waals surface area contributed by atoms with Gasteiger partial charge < -0.3 is 19.4 Å². The highest BCUT2D eigenvalue weighted by molar-refractivity contribution is 5.68. The van der Waals surface area contributed by atoms with E-state index in [1.165, 1.54) is 6.33 Å². The molecule has 202 valence electrons. The Morgan fingerprint density at radius 2 is 1.64 bits per heavy atom. The van der Waals surface area contributed by atoms with Crippen molar-refractivity contribution in [3.63, 3.8) is 0 Å². The van der Waals surface area contributed by atoms with E-state index in [1.54, 1.807) is 6.20 Å². The lowest BCUT2D eigenvalue weighted by atomic mass is 9.85. The monoisotopic (exact) mass is 524 g/mol. The molecule has 3 saturated heterocycles. The van der Waals surface area contributed by atoms with Gasteiger partial charge in [0.05, 0.1) is 0 Å². The molecule has 0 bridgehead atoms. The van der Waals surface area contributed by atoms with Gasteiger partial charge in [-0.3, -0.25) is 4.90 Å². The van der Waals surface area contributed by atoms with E-state index >= 15 is 0 Å². The van der Waals surface area contributed by atoms with Crippen LogP contribution >= 0.6 is 0 Å². The molecule has 4 rings (SSSR count). The highest BCUT2D eigenvalue weighted by atomic mass is 19.4. The Kier molecular flexibility index (Phi) is 7.56. The maximum absolute atomic E-state index is 12.8. The minimum absolute atomic E-state index is 0.0222. The Morgan fingerprint density at radius 1 is 1.00 bits per heavy atom. The average molecular weight is 525 g/mol. The van der Waals surface area contributed by atoms with Crippen molar-refractivity contribution in [2.45, 2.75) is 56.2 Å². The molecule has 1 spiro atoms. The second-order valence-electron chi connectivity index (χ2n) is 9.75. The van der Waals surface area contributed by atoms with Crippen molar-refractivity contribution in [3.8, 4) is 0 Å². The van der Waals surface area contributed by atoms with E-state index in [0.29, 0.717) is 19.4 Å². The molecule has 1 aromatic rings. The number of carbonyl (C=O) groups is 1. The van der Waals surface area contributed by atoms with Crippen LogP contribution in [0.3, 0.4) is 0 Å². The summed E-state index contributed by atoms with van der Waals surface area (Å²) < 4.78 is 80.6. The highest BCUT2D eigenvalue weighted by Crippen LogP contribution is 2.41. The minimum Gasteiger partial charge on any atom is -0.426 e. The van der Waals surface area contributed by atoms with Crippen LogP contribution in [-0.2, 0) is 11.3 Å². The number of amides is 1. The molecule has 0 unspecified atom stereocenters. The second kappa shape index (κ2) is 10.2. The van der Waals surface area contributed by atoms with E-state index in [9.17, 15) is 31.1 Å². The van der Waals surface area contributed by atoms with Gasteiger partial charge in [-0.1, -0.05) is 0 Å². The zero-order valence-corrected chi connectivity index (χ0v) is 20.0. The van der Waals surface area contributed by atoms with E-state index < -0.39 is 24.5 Å². The largest absolute Gasteiger partial charge is 0.434 e. The van der Waals surface area contributed by atoms with Gasteiger partial charge >= 0.3 is 18.4 Å². The summed E-state index contributed by atoms with van der Waals surface area (Å²) in [6, 6.07) is 0. The summed E-state index contributed by atoms with van der Waals surface area (Å²) in [7, 11) is 2.07. The Bertz CT molecular complexity index is 899. The average Bonchev–Trinajstić information content (AvgIpc) is 3.18. The summed E-state index contributed by atoms with van der Waals surface area (Å²) in [4.78, 5) is 28.6. The van der Waals surface area contributed by atoms with Crippen molar-refractivity contribution < 1.29 is 35.9 Å². The Balaban J connectivity index is 1.40. The number of likely N-dealkylation sites (N-methyl/N-ethyl adjacent to an activating group) is 1. The molecule has 0 aromatic carbocycles. The Morgan fingerprint density at radius 3 is 2.25 bits per heavy atom. The summed E-state index contributed by atoms with van der Waals surface area (Å²) in [6.45, 7) is 4.96. The lowest BCUT2D eigenvalue weighted by Crippen LogP contribution is -2.54. The number of nitrogens with zero attached hydrogens (tertiary/aromatic N) is 6. The van der Waals surface area contributed by atoms with Gasteiger partial charge in [0.15, 0.2) is 0 Å². The van der Waals surface area contributed by atoms with E-state index in [2.05, 4.69) is 36.5 Å². The highest BCUT2D eigenvalue weighted by Gasteiger charge is 2.60. The predicted molar refractivity (Wildman–Crippen MR) is 117 cm³/mol. The lowest BCUT2D eigenvalue weighted by Gasteiger charge is -2.45. The summed E-state index contributed by atoms with van der Waals surface area (Å²) >= 11 is 0. The van der Waals surface area contributed by atoms with Crippen molar-refractivity contribution in [2.75, 3.05) is 57.8 Å². The first-order chi connectivity index (χ1) is 16.9. The molecule has 0 aliphatic carbocycles. The van der Waals surface area contributed by atoms with Crippen LogP contribution in [-0.4, -0.2) is 108 Å². The van der Waals surface area contributed by atoms with Crippen molar-refractivity contribution in [1.29, 1.82) is 0 Å². The van der Waals surface area contributed by atoms with Crippen LogP contribution in [0.1, 0.15) is 31.2 Å². The number of ether oxygens (including phenoxy) is 1. The lowest BCUT2D eigenvalue weighted by molar-refractivity contribution is -0.308. The Labute approximate surface area is 205 Å². The van der Waals surface area contributed by atoms with E-state index in [4.69, 9.17) is 0 Å². The number of hydrogen-bond donors (Lipinski definition) is 0. The third-order valence-corrected chi connectivity index (χ3v) is 7.43. The third kappa shape index (κ3) is 5.79. The van der Waals surface area contributed by atoms with Gasteiger partial charge in [-0.25, -0.2) is 14.8 Å². The zero-order chi connectivity index (χ0) is 26.1. The van der Waals surface area contributed by atoms with Gasteiger partial charge in [0.2, 0.25) is 0 Å². The standard InChI is InChI=1S/C22H30F6N6O2/c1-31-9-11-32(12-10-31)17-16(13-29-15-30-17)14-34-6-2-3-20(34)4-7-33(8-5-20)19(35)36-18(21(23,24)25)22(26,27)28/h13,15,18H,2-12,14H2,1H3. The fourth-order valence-corrected chi connectivity index (χ4v) is 5.38. The summed E-state index contributed by atoms with van der Waals surface area (Å²) in [6.07, 6.45) is -11.3. The van der Waals surface area contributed by atoms with Gasteiger partial charge in [0.1, 0.15) is 12.1 Å². The first kappa shape index (κ1) is 26.7. The number of aromatic nitrogens is 2. The van der Waals surface area contributed by atoms with Crippen LogP contribution in [0.5, 0.6) is 0 Å². The normalized spacial score (nSPS) is 22.0. The predicted octanol–water partition coefficient (Wildman–Crippen LogP) is 3.29. The molecule has 0 saturated carbocycles. The fraction of sp³-hybridized carbons (Fsp3) is 0.773. The van der Waals surface area contributed by atoms with Crippen LogP contribution in [0.4, 0.5) is 37.0 Å². The molecule has 0 N–H and O–H groups in total. The molecule has 3 aliphatic heterocycles. The number of piperazine rings is 1. The number of halogens is 6. The van der Waals surface area contributed by atoms with Crippen molar-refractivity contribution >= 4 is 11.9 Å². The molecule has 14 heteroatoms. The zero-order valence-electron chi connectivity index (χ0n) is 20.0. The number of carbonyl (C=O) groups excluding carboxylic acids is 1. The fourth-order valence-electron chi connectivity index (χ4n) is 5.38. The molecule has 36 heavy (non-hydrogen) atoms. The van der Waals surface area contributed by atoms with Gasteiger partial charge in [-0.2, -0.15) is 26.3 Å². The molecule has 3 aliphatic rings. The smallest absolute Gasteiger partial charge is 0.426 e. The number of alkyl halides is 6. The first-order valence-electron chi connectivity index (χ1n) is 12.0. The summed E-state index contributed by atoms with van der Waals surface area (Å²) in [5, 5.41) is 0. The quantitative estimate of drug-likeness (QED) is 0.561. The molecule has 4 heterocycles. The summed E-state index contributed by atoms with van der Waals surface area (Å²) in [5.74, 6) is 0.881. The molecular weight excluding hydrogens is 494 g/mol. The number of likely N-dealkylation sites (tertiary alicyclic amines) is 2. The number of hydrogen-bond acceptors (Lipinski definition) is 7. The molecule has 0 atom stereocenters. The molecule has 0 radical (unpaired) electrons. The topological polar surface area (TPSA) is 65.0 Å². The van der Waals surface area contributed by atoms with E-state index in [-0.39, 0.29) is 18.6 Å². The van der Waals surface area contributed by atoms with Crippen LogP contribution < -0.4 is 4.90 Å². The maximum atomic E-state index is 12.8. The number of anilines is 1. The van der Waals surface area contributed by atoms with Crippen molar-refractivity contribution in [2.24, 2.45) is 0 Å². The summed E-state index contributed by atoms with van der Waals surface area (Å²) in [5.41, 5.74) is 0.683. The Hall–Kier alpha value is -2.35. The van der Waals surface area contributed by atoms with Crippen LogP contribution in [0.15, 0.2) is 12.5 Å². The van der Waals surface area contributed by atoms with Crippen molar-refractivity contribution in [1.82, 2.24) is 24.7 Å². The van der Waals surface area contributed by atoms with E-state index in [0.717, 1.165) is 61.8 Å². The maximum Gasteiger partial charge on any atom is 0.434 e. The third-order valence-electron chi connectivity index (χ3n) is 7.43. The molecule has 3 fully saturated rings. The van der Waals surface area contributed by atoms with Crippen LogP contribution in [0.2, 0.25) is 0 Å². The van der Waals surface area contributed by atoms with Crippen LogP contribution in [0.25, 0.3) is 0 Å². The van der Waals surface area contributed by atoms with Crippen LogP contribution in [0, 0.1) is 0 Å². The molecule has 1 amide bonds. The molecule has 1 aromatic heterocycles. The van der Waals surface area contributed by atoms with Gasteiger partial charge in [0, 0.05) is 63.1 Å². The molecular formula is C22H30F6N6O2. The minimum atomic E-state index is -5.73. The number of rotatable bonds is 4. The SMILES string of the molecule is CN1CCN(c2ncncc2CN2CCCC23CCN(C(=O)OC(C(F)(F)F)C(F)(F)F)CC3)CC1.